The minimum absolute atomic E-state index is 0.0408. The smallest absolute Gasteiger partial charge is 0.238 e. The van der Waals surface area contributed by atoms with E-state index in [9.17, 15) is 4.79 Å². The Hall–Kier alpha value is -2.20. The Bertz CT molecular complexity index is 600. The second kappa shape index (κ2) is 6.99. The monoisotopic (exact) mass is 283 g/mol. The molecule has 1 heterocycles. The van der Waals surface area contributed by atoms with Gasteiger partial charge >= 0.3 is 0 Å². The zero-order valence-corrected chi connectivity index (χ0v) is 12.7. The number of anilines is 1. The highest BCUT2D eigenvalue weighted by Crippen LogP contribution is 2.21. The summed E-state index contributed by atoms with van der Waals surface area (Å²) in [6, 6.07) is 9.88. The molecule has 0 fully saturated rings. The van der Waals surface area contributed by atoms with E-state index in [1.807, 2.05) is 32.0 Å². The SMILES string of the molecule is Cc1cc(C)c(NC(=O)CNCc2ccccn2)c(C)c1. The lowest BCUT2D eigenvalue weighted by atomic mass is 10.1. The van der Waals surface area contributed by atoms with Crippen molar-refractivity contribution in [2.45, 2.75) is 27.3 Å². The van der Waals surface area contributed by atoms with E-state index in [0.29, 0.717) is 6.54 Å². The van der Waals surface area contributed by atoms with Gasteiger partial charge in [-0.1, -0.05) is 23.8 Å². The third kappa shape index (κ3) is 4.39. The van der Waals surface area contributed by atoms with Gasteiger partial charge in [-0.05, 0) is 44.0 Å². The van der Waals surface area contributed by atoms with Gasteiger partial charge in [0.15, 0.2) is 0 Å². The molecule has 0 aliphatic rings. The fourth-order valence-electron chi connectivity index (χ4n) is 2.37. The highest BCUT2D eigenvalue weighted by Gasteiger charge is 2.08. The zero-order valence-electron chi connectivity index (χ0n) is 12.7. The molecule has 110 valence electrons. The molecule has 0 spiro atoms. The number of pyridine rings is 1. The highest BCUT2D eigenvalue weighted by atomic mass is 16.1. The van der Waals surface area contributed by atoms with E-state index in [-0.39, 0.29) is 12.5 Å². The van der Waals surface area contributed by atoms with Crippen LogP contribution in [0.5, 0.6) is 0 Å². The van der Waals surface area contributed by atoms with Crippen LogP contribution >= 0.6 is 0 Å². The predicted octanol–water partition coefficient (Wildman–Crippen LogP) is 2.74. The molecule has 0 atom stereocenters. The number of amides is 1. The van der Waals surface area contributed by atoms with Gasteiger partial charge in [0.1, 0.15) is 0 Å². The maximum atomic E-state index is 12.0. The molecule has 4 heteroatoms. The summed E-state index contributed by atoms with van der Waals surface area (Å²) in [5.41, 5.74) is 5.21. The Kier molecular flexibility index (Phi) is 5.06. The molecule has 21 heavy (non-hydrogen) atoms. The molecular formula is C17H21N3O. The van der Waals surface area contributed by atoms with E-state index in [1.54, 1.807) is 6.20 Å². The van der Waals surface area contributed by atoms with Crippen LogP contribution in [0.1, 0.15) is 22.4 Å². The van der Waals surface area contributed by atoms with Gasteiger partial charge in [-0.3, -0.25) is 9.78 Å². The van der Waals surface area contributed by atoms with Gasteiger partial charge in [-0.15, -0.1) is 0 Å². The standard InChI is InChI=1S/C17H21N3O/c1-12-8-13(2)17(14(3)9-12)20-16(21)11-18-10-15-6-4-5-7-19-15/h4-9,18H,10-11H2,1-3H3,(H,20,21). The number of rotatable bonds is 5. The number of nitrogens with one attached hydrogen (secondary N) is 2. The summed E-state index contributed by atoms with van der Waals surface area (Å²) in [4.78, 5) is 16.2. The van der Waals surface area contributed by atoms with Crippen LogP contribution in [0.15, 0.2) is 36.5 Å². The predicted molar refractivity (Wildman–Crippen MR) is 85.2 cm³/mol. The molecule has 1 amide bonds. The molecule has 4 nitrogen and oxygen atoms in total. The summed E-state index contributed by atoms with van der Waals surface area (Å²) in [5.74, 6) is -0.0408. The molecule has 0 unspecified atom stereocenters. The number of hydrogen-bond donors (Lipinski definition) is 2. The molecule has 2 N–H and O–H groups in total. The number of aryl methyl sites for hydroxylation is 3. The van der Waals surface area contributed by atoms with Crippen LogP contribution < -0.4 is 10.6 Å². The maximum absolute atomic E-state index is 12.0. The van der Waals surface area contributed by atoms with E-state index >= 15 is 0 Å². The molecule has 0 aliphatic heterocycles. The highest BCUT2D eigenvalue weighted by molar-refractivity contribution is 5.93. The van der Waals surface area contributed by atoms with Crippen LogP contribution in [0.25, 0.3) is 0 Å². The molecule has 2 rings (SSSR count). The van der Waals surface area contributed by atoms with Crippen LogP contribution in [0.4, 0.5) is 5.69 Å². The van der Waals surface area contributed by atoms with Crippen molar-refractivity contribution in [1.29, 1.82) is 0 Å². The Morgan fingerprint density at radius 1 is 1.14 bits per heavy atom. The number of carbonyl (C=O) groups is 1. The average Bonchev–Trinajstić information content (AvgIpc) is 2.44. The van der Waals surface area contributed by atoms with Crippen molar-refractivity contribution in [3.05, 3.63) is 58.9 Å². The molecule has 1 aromatic heterocycles. The summed E-state index contributed by atoms with van der Waals surface area (Å²) in [7, 11) is 0. The molecule has 2 aromatic rings. The molecule has 0 radical (unpaired) electrons. The normalized spacial score (nSPS) is 10.4. The van der Waals surface area contributed by atoms with Crippen LogP contribution in [0.3, 0.4) is 0 Å². The fourth-order valence-corrected chi connectivity index (χ4v) is 2.37. The van der Waals surface area contributed by atoms with E-state index in [4.69, 9.17) is 0 Å². The molecular weight excluding hydrogens is 262 g/mol. The van der Waals surface area contributed by atoms with Crippen molar-refractivity contribution < 1.29 is 4.79 Å². The van der Waals surface area contributed by atoms with Gasteiger partial charge in [-0.2, -0.15) is 0 Å². The van der Waals surface area contributed by atoms with Gasteiger partial charge in [-0.25, -0.2) is 0 Å². The third-order valence-corrected chi connectivity index (χ3v) is 3.26. The van der Waals surface area contributed by atoms with E-state index in [0.717, 1.165) is 22.5 Å². The summed E-state index contributed by atoms with van der Waals surface area (Å²) in [5, 5.41) is 6.07. The van der Waals surface area contributed by atoms with Crippen molar-refractivity contribution in [2.24, 2.45) is 0 Å². The van der Waals surface area contributed by atoms with Gasteiger partial charge < -0.3 is 10.6 Å². The summed E-state index contributed by atoms with van der Waals surface area (Å²) >= 11 is 0. The van der Waals surface area contributed by atoms with Crippen molar-refractivity contribution in [1.82, 2.24) is 10.3 Å². The van der Waals surface area contributed by atoms with Crippen molar-refractivity contribution >= 4 is 11.6 Å². The van der Waals surface area contributed by atoms with Crippen molar-refractivity contribution in [3.63, 3.8) is 0 Å². The zero-order chi connectivity index (χ0) is 15.2. The Balaban J connectivity index is 1.88. The first kappa shape index (κ1) is 15.2. The van der Waals surface area contributed by atoms with Crippen LogP contribution in [0.2, 0.25) is 0 Å². The van der Waals surface area contributed by atoms with Crippen LogP contribution in [0, 0.1) is 20.8 Å². The molecule has 0 bridgehead atoms. The maximum Gasteiger partial charge on any atom is 0.238 e. The first-order chi connectivity index (χ1) is 10.1. The Morgan fingerprint density at radius 2 is 1.86 bits per heavy atom. The summed E-state index contributed by atoms with van der Waals surface area (Å²) in [6.45, 7) is 6.93. The lowest BCUT2D eigenvalue weighted by Crippen LogP contribution is -2.28. The fraction of sp³-hybridized carbons (Fsp3) is 0.294. The topological polar surface area (TPSA) is 54.0 Å². The van der Waals surface area contributed by atoms with Gasteiger partial charge in [0.2, 0.25) is 5.91 Å². The molecule has 0 aliphatic carbocycles. The second-order valence-electron chi connectivity index (χ2n) is 5.25. The third-order valence-electron chi connectivity index (χ3n) is 3.26. The number of benzene rings is 1. The molecule has 1 aromatic carbocycles. The first-order valence-corrected chi connectivity index (χ1v) is 7.04. The summed E-state index contributed by atoms with van der Waals surface area (Å²) < 4.78 is 0. The minimum Gasteiger partial charge on any atom is -0.324 e. The van der Waals surface area contributed by atoms with E-state index < -0.39 is 0 Å². The Morgan fingerprint density at radius 3 is 2.48 bits per heavy atom. The second-order valence-corrected chi connectivity index (χ2v) is 5.25. The Labute approximate surface area is 125 Å². The van der Waals surface area contributed by atoms with Crippen molar-refractivity contribution in [2.75, 3.05) is 11.9 Å². The van der Waals surface area contributed by atoms with Gasteiger partial charge in [0.05, 0.1) is 12.2 Å². The quantitative estimate of drug-likeness (QED) is 0.887. The van der Waals surface area contributed by atoms with Crippen molar-refractivity contribution in [3.8, 4) is 0 Å². The average molecular weight is 283 g/mol. The van der Waals surface area contributed by atoms with Gasteiger partial charge in [0.25, 0.3) is 0 Å². The van der Waals surface area contributed by atoms with Crippen LogP contribution in [-0.2, 0) is 11.3 Å². The van der Waals surface area contributed by atoms with Gasteiger partial charge in [0, 0.05) is 18.4 Å². The first-order valence-electron chi connectivity index (χ1n) is 7.04. The largest absolute Gasteiger partial charge is 0.324 e. The van der Waals surface area contributed by atoms with Crippen LogP contribution in [-0.4, -0.2) is 17.4 Å². The molecule has 0 saturated heterocycles. The number of carbonyl (C=O) groups excluding carboxylic acids is 1. The lowest BCUT2D eigenvalue weighted by Gasteiger charge is -2.13. The number of nitrogens with zero attached hydrogens (tertiary/aromatic N) is 1. The lowest BCUT2D eigenvalue weighted by molar-refractivity contribution is -0.115. The van der Waals surface area contributed by atoms with E-state index in [1.165, 1.54) is 5.56 Å². The summed E-state index contributed by atoms with van der Waals surface area (Å²) in [6.07, 6.45) is 1.75. The number of hydrogen-bond acceptors (Lipinski definition) is 3. The minimum atomic E-state index is -0.0408. The number of aromatic nitrogens is 1. The molecule has 0 saturated carbocycles. The van der Waals surface area contributed by atoms with E-state index in [2.05, 4.69) is 34.7 Å².